The molecular weight excluding hydrogens is 456 g/mol. The second-order valence-electron chi connectivity index (χ2n) is 9.05. The van der Waals surface area contributed by atoms with E-state index < -0.39 is 0 Å². The fourth-order valence-corrected chi connectivity index (χ4v) is 5.48. The van der Waals surface area contributed by atoms with Gasteiger partial charge in [-0.25, -0.2) is 14.8 Å². The summed E-state index contributed by atoms with van der Waals surface area (Å²) in [5.41, 5.74) is 4.99. The zero-order chi connectivity index (χ0) is 23.8. The van der Waals surface area contributed by atoms with Crippen molar-refractivity contribution < 1.29 is 4.74 Å². The second kappa shape index (κ2) is 9.10. The largest absolute Gasteiger partial charge is 0.475 e. The van der Waals surface area contributed by atoms with Gasteiger partial charge in [-0.3, -0.25) is 4.40 Å². The van der Waals surface area contributed by atoms with E-state index in [0.29, 0.717) is 29.7 Å². The normalized spacial score (nSPS) is 16.5. The predicted octanol–water partition coefficient (Wildman–Crippen LogP) is 5.94. The number of imidazole rings is 1. The minimum absolute atomic E-state index is 0.472. The standard InChI is InChI=1S/C27H24N6OS/c1-28-22-8-5-19(6-9-22)24-25(20-7-10-23-21(14-20)15-30-35-23)33-13-11-29-26(33)27(31-24)34-17-18-4-3-12-32(2)16-18/h5-11,13-15,18H,3-4,12,16-17H2,2H3/t18-/m1/s1. The van der Waals surface area contributed by atoms with Crippen LogP contribution in [0.3, 0.4) is 0 Å². The Morgan fingerprint density at radius 2 is 2.03 bits per heavy atom. The highest BCUT2D eigenvalue weighted by molar-refractivity contribution is 7.13. The summed E-state index contributed by atoms with van der Waals surface area (Å²) in [6, 6.07) is 13.9. The van der Waals surface area contributed by atoms with E-state index in [-0.39, 0.29) is 0 Å². The highest BCUT2D eigenvalue weighted by Crippen LogP contribution is 2.37. The van der Waals surface area contributed by atoms with Crippen molar-refractivity contribution in [1.82, 2.24) is 23.6 Å². The number of hydrogen-bond acceptors (Lipinski definition) is 6. The van der Waals surface area contributed by atoms with Gasteiger partial charge in [0.15, 0.2) is 5.69 Å². The number of likely N-dealkylation sites (tertiary alicyclic amines) is 1. The molecule has 0 bridgehead atoms. The number of fused-ring (bicyclic) bond motifs is 2. The fourth-order valence-electron chi connectivity index (χ4n) is 4.85. The Balaban J connectivity index is 1.49. The molecule has 0 aliphatic carbocycles. The lowest BCUT2D eigenvalue weighted by atomic mass is 10.00. The van der Waals surface area contributed by atoms with Crippen LogP contribution in [0.5, 0.6) is 5.88 Å². The third-order valence-electron chi connectivity index (χ3n) is 6.58. The van der Waals surface area contributed by atoms with Crippen LogP contribution in [0.2, 0.25) is 0 Å². The summed E-state index contributed by atoms with van der Waals surface area (Å²) in [4.78, 5) is 15.6. The van der Waals surface area contributed by atoms with E-state index in [1.165, 1.54) is 18.0 Å². The van der Waals surface area contributed by atoms with Crippen LogP contribution in [-0.2, 0) is 0 Å². The van der Waals surface area contributed by atoms with E-state index in [1.54, 1.807) is 6.20 Å². The first kappa shape index (κ1) is 21.7. The first-order valence-corrected chi connectivity index (χ1v) is 12.5. The SMILES string of the molecule is [C-]#[N+]c1ccc(-c2nc(OC[C@@H]3CCCN(C)C3)c3nccn3c2-c2ccc3sncc3c2)cc1. The number of ether oxygens (including phenoxy) is 1. The van der Waals surface area contributed by atoms with Crippen LogP contribution in [0.25, 0.3) is 43.1 Å². The van der Waals surface area contributed by atoms with Crippen molar-refractivity contribution in [3.05, 3.63) is 72.5 Å². The van der Waals surface area contributed by atoms with Crippen LogP contribution in [0.15, 0.2) is 61.1 Å². The zero-order valence-corrected chi connectivity index (χ0v) is 20.2. The number of nitrogens with zero attached hydrogens (tertiary/aromatic N) is 6. The Morgan fingerprint density at radius 3 is 2.86 bits per heavy atom. The Labute approximate surface area is 207 Å². The molecule has 1 fully saturated rings. The fraction of sp³-hybridized carbons (Fsp3) is 0.259. The maximum atomic E-state index is 7.31. The van der Waals surface area contributed by atoms with Crippen molar-refractivity contribution >= 4 is 33.0 Å². The maximum Gasteiger partial charge on any atom is 0.259 e. The molecule has 5 aromatic rings. The minimum atomic E-state index is 0.472. The Bertz CT molecular complexity index is 1550. The molecule has 1 atom stereocenters. The van der Waals surface area contributed by atoms with Crippen LogP contribution in [0.4, 0.5) is 5.69 Å². The van der Waals surface area contributed by atoms with Crippen molar-refractivity contribution in [2.45, 2.75) is 12.8 Å². The first-order valence-electron chi connectivity index (χ1n) is 11.7. The van der Waals surface area contributed by atoms with Crippen molar-refractivity contribution in [1.29, 1.82) is 0 Å². The van der Waals surface area contributed by atoms with Crippen LogP contribution in [0.1, 0.15) is 12.8 Å². The molecule has 0 unspecified atom stereocenters. The molecule has 3 aromatic heterocycles. The van der Waals surface area contributed by atoms with Gasteiger partial charge in [-0.05, 0) is 55.7 Å². The van der Waals surface area contributed by atoms with Gasteiger partial charge < -0.3 is 9.64 Å². The lowest BCUT2D eigenvalue weighted by Crippen LogP contribution is -2.34. The van der Waals surface area contributed by atoms with Gasteiger partial charge in [0.1, 0.15) is 0 Å². The molecule has 7 nitrogen and oxygen atoms in total. The van der Waals surface area contributed by atoms with Crippen LogP contribution >= 0.6 is 11.5 Å². The highest BCUT2D eigenvalue weighted by Gasteiger charge is 2.22. The van der Waals surface area contributed by atoms with Crippen LogP contribution in [0, 0.1) is 12.5 Å². The summed E-state index contributed by atoms with van der Waals surface area (Å²) in [5, 5.41) is 1.09. The van der Waals surface area contributed by atoms with Crippen molar-refractivity contribution in [3.8, 4) is 28.4 Å². The third kappa shape index (κ3) is 4.14. The molecule has 0 spiro atoms. The van der Waals surface area contributed by atoms with Gasteiger partial charge in [0, 0.05) is 42.0 Å². The molecule has 0 radical (unpaired) electrons. The second-order valence-corrected chi connectivity index (χ2v) is 9.89. The van der Waals surface area contributed by atoms with Gasteiger partial charge in [-0.15, -0.1) is 0 Å². The number of benzene rings is 2. The molecule has 6 rings (SSSR count). The Hall–Kier alpha value is -3.80. The molecule has 0 amide bonds. The molecule has 8 heteroatoms. The lowest BCUT2D eigenvalue weighted by Gasteiger charge is -2.29. The summed E-state index contributed by atoms with van der Waals surface area (Å²) in [6.45, 7) is 10.1. The monoisotopic (exact) mass is 480 g/mol. The van der Waals surface area contributed by atoms with Gasteiger partial charge in [-0.2, -0.15) is 4.37 Å². The topological polar surface area (TPSA) is 59.9 Å². The molecule has 1 saturated heterocycles. The first-order chi connectivity index (χ1) is 17.2. The molecule has 0 N–H and O–H groups in total. The number of rotatable bonds is 5. The van der Waals surface area contributed by atoms with E-state index in [4.69, 9.17) is 16.3 Å². The van der Waals surface area contributed by atoms with Gasteiger partial charge in [-0.1, -0.05) is 30.3 Å². The Kier molecular flexibility index (Phi) is 5.64. The van der Waals surface area contributed by atoms with Gasteiger partial charge in [0.2, 0.25) is 5.65 Å². The third-order valence-corrected chi connectivity index (χ3v) is 7.36. The van der Waals surface area contributed by atoms with Gasteiger partial charge >= 0.3 is 0 Å². The average Bonchev–Trinajstić information content (AvgIpc) is 3.56. The summed E-state index contributed by atoms with van der Waals surface area (Å²) in [6.07, 6.45) is 7.99. The Morgan fingerprint density at radius 1 is 1.17 bits per heavy atom. The summed E-state index contributed by atoms with van der Waals surface area (Å²) in [7, 11) is 2.16. The number of hydrogen-bond donors (Lipinski definition) is 0. The van der Waals surface area contributed by atoms with Gasteiger partial charge in [0.25, 0.3) is 5.88 Å². The molecular formula is C27H24N6OS. The molecule has 0 saturated carbocycles. The average molecular weight is 481 g/mol. The summed E-state index contributed by atoms with van der Waals surface area (Å²) >= 11 is 1.49. The van der Waals surface area contributed by atoms with Crippen molar-refractivity contribution in [2.24, 2.45) is 5.92 Å². The maximum absolute atomic E-state index is 7.31. The molecule has 35 heavy (non-hydrogen) atoms. The molecule has 1 aliphatic heterocycles. The van der Waals surface area contributed by atoms with E-state index in [0.717, 1.165) is 52.1 Å². The minimum Gasteiger partial charge on any atom is -0.475 e. The summed E-state index contributed by atoms with van der Waals surface area (Å²) < 4.78 is 13.9. The van der Waals surface area contributed by atoms with E-state index in [1.807, 2.05) is 36.7 Å². The van der Waals surface area contributed by atoms with Crippen LogP contribution in [-0.4, -0.2) is 50.4 Å². The number of aromatic nitrogens is 4. The molecule has 2 aromatic carbocycles. The van der Waals surface area contributed by atoms with Gasteiger partial charge in [0.05, 0.1) is 29.3 Å². The molecule has 4 heterocycles. The summed E-state index contributed by atoms with van der Waals surface area (Å²) in [5.74, 6) is 1.01. The van der Waals surface area contributed by atoms with Crippen molar-refractivity contribution in [3.63, 3.8) is 0 Å². The van der Waals surface area contributed by atoms with E-state index in [2.05, 4.69) is 48.7 Å². The smallest absolute Gasteiger partial charge is 0.259 e. The highest BCUT2D eigenvalue weighted by atomic mass is 32.1. The quantitative estimate of drug-likeness (QED) is 0.291. The van der Waals surface area contributed by atoms with Crippen LogP contribution < -0.4 is 4.74 Å². The predicted molar refractivity (Wildman–Crippen MR) is 139 cm³/mol. The molecule has 174 valence electrons. The molecule has 1 aliphatic rings. The van der Waals surface area contributed by atoms with Crippen molar-refractivity contribution in [2.75, 3.05) is 26.7 Å². The lowest BCUT2D eigenvalue weighted by molar-refractivity contribution is 0.148. The van der Waals surface area contributed by atoms with E-state index in [9.17, 15) is 0 Å². The van der Waals surface area contributed by atoms with E-state index >= 15 is 0 Å². The zero-order valence-electron chi connectivity index (χ0n) is 19.4. The number of piperidine rings is 1.